The number of halogens is 1. The van der Waals surface area contributed by atoms with E-state index in [0.29, 0.717) is 24.7 Å². The number of fused-ring (bicyclic) bond motifs is 1. The molecule has 2 amide bonds. The standard InChI is InChI=1S/C18H23BrN2O4/c1-4-24-18(23)21-14(7-11(2)3)10-20-17(22)16-9-12-8-13(19)5-6-15(12)25-16/h5-6,8-9,11,14H,4,7,10H2,1-3H3,(H,20,22)(H,21,23). The van der Waals surface area contributed by atoms with E-state index in [9.17, 15) is 9.59 Å². The molecular formula is C18H23BrN2O4. The average Bonchev–Trinajstić information content (AvgIpc) is 2.95. The van der Waals surface area contributed by atoms with Crippen molar-refractivity contribution in [3.05, 3.63) is 34.5 Å². The number of rotatable bonds is 7. The molecule has 7 heteroatoms. The molecule has 25 heavy (non-hydrogen) atoms. The summed E-state index contributed by atoms with van der Waals surface area (Å²) in [4.78, 5) is 24.0. The molecular weight excluding hydrogens is 388 g/mol. The Hall–Kier alpha value is -2.02. The van der Waals surface area contributed by atoms with E-state index >= 15 is 0 Å². The van der Waals surface area contributed by atoms with Gasteiger partial charge in [0.1, 0.15) is 5.58 Å². The highest BCUT2D eigenvalue weighted by Gasteiger charge is 2.18. The third-order valence-electron chi connectivity index (χ3n) is 3.56. The van der Waals surface area contributed by atoms with Crippen LogP contribution in [-0.4, -0.2) is 31.2 Å². The van der Waals surface area contributed by atoms with Gasteiger partial charge in [0, 0.05) is 22.4 Å². The van der Waals surface area contributed by atoms with E-state index < -0.39 is 6.09 Å². The van der Waals surface area contributed by atoms with Crippen LogP contribution in [-0.2, 0) is 4.74 Å². The van der Waals surface area contributed by atoms with Crippen molar-refractivity contribution in [1.29, 1.82) is 0 Å². The Morgan fingerprint density at radius 2 is 2.04 bits per heavy atom. The number of carbonyl (C=O) groups excluding carboxylic acids is 2. The molecule has 1 heterocycles. The molecule has 1 unspecified atom stereocenters. The van der Waals surface area contributed by atoms with Crippen LogP contribution >= 0.6 is 15.9 Å². The van der Waals surface area contributed by atoms with Crippen LogP contribution in [0.4, 0.5) is 4.79 Å². The van der Waals surface area contributed by atoms with E-state index in [1.807, 2.05) is 12.1 Å². The summed E-state index contributed by atoms with van der Waals surface area (Å²) in [6.45, 7) is 6.47. The first-order valence-electron chi connectivity index (χ1n) is 8.29. The van der Waals surface area contributed by atoms with Crippen LogP contribution in [0, 0.1) is 5.92 Å². The Morgan fingerprint density at radius 3 is 2.72 bits per heavy atom. The van der Waals surface area contributed by atoms with Gasteiger partial charge >= 0.3 is 6.09 Å². The molecule has 2 rings (SSSR count). The Morgan fingerprint density at radius 1 is 1.28 bits per heavy atom. The number of benzene rings is 1. The van der Waals surface area contributed by atoms with Crippen molar-refractivity contribution < 1.29 is 18.7 Å². The summed E-state index contributed by atoms with van der Waals surface area (Å²) in [6, 6.07) is 7.04. The minimum atomic E-state index is -0.476. The number of nitrogens with one attached hydrogen (secondary N) is 2. The van der Waals surface area contributed by atoms with Crippen molar-refractivity contribution in [2.75, 3.05) is 13.2 Å². The van der Waals surface area contributed by atoms with Gasteiger partial charge in [-0.15, -0.1) is 0 Å². The zero-order valence-corrected chi connectivity index (χ0v) is 16.2. The number of ether oxygens (including phenoxy) is 1. The lowest BCUT2D eigenvalue weighted by Crippen LogP contribution is -2.44. The zero-order valence-electron chi connectivity index (χ0n) is 14.6. The SMILES string of the molecule is CCOC(=O)NC(CNC(=O)c1cc2cc(Br)ccc2o1)CC(C)C. The first-order chi connectivity index (χ1) is 11.9. The largest absolute Gasteiger partial charge is 0.451 e. The maximum Gasteiger partial charge on any atom is 0.407 e. The maximum absolute atomic E-state index is 12.3. The number of hydrogen-bond acceptors (Lipinski definition) is 4. The molecule has 0 saturated heterocycles. The summed E-state index contributed by atoms with van der Waals surface area (Å²) in [6.07, 6.45) is 0.252. The number of furan rings is 1. The van der Waals surface area contributed by atoms with Crippen molar-refractivity contribution in [1.82, 2.24) is 10.6 Å². The summed E-state index contributed by atoms with van der Waals surface area (Å²) >= 11 is 3.39. The summed E-state index contributed by atoms with van der Waals surface area (Å²) in [5, 5.41) is 6.44. The van der Waals surface area contributed by atoms with Gasteiger partial charge < -0.3 is 19.8 Å². The van der Waals surface area contributed by atoms with Crippen molar-refractivity contribution in [3.63, 3.8) is 0 Å². The van der Waals surface area contributed by atoms with Crippen LogP contribution < -0.4 is 10.6 Å². The summed E-state index contributed by atoms with van der Waals surface area (Å²) < 4.78 is 11.4. The second-order valence-corrected chi connectivity index (χ2v) is 7.11. The fourth-order valence-corrected chi connectivity index (χ4v) is 2.91. The summed E-state index contributed by atoms with van der Waals surface area (Å²) in [5.41, 5.74) is 0.650. The van der Waals surface area contributed by atoms with Gasteiger partial charge in [0.15, 0.2) is 5.76 Å². The van der Waals surface area contributed by atoms with E-state index in [4.69, 9.17) is 9.15 Å². The summed E-state index contributed by atoms with van der Waals surface area (Å²) in [5.74, 6) is 0.298. The van der Waals surface area contributed by atoms with E-state index in [0.717, 1.165) is 16.3 Å². The Labute approximate surface area is 155 Å². The molecule has 1 aromatic heterocycles. The summed E-state index contributed by atoms with van der Waals surface area (Å²) in [7, 11) is 0. The fraction of sp³-hybridized carbons (Fsp3) is 0.444. The molecule has 0 saturated carbocycles. The smallest absolute Gasteiger partial charge is 0.407 e. The maximum atomic E-state index is 12.3. The molecule has 2 N–H and O–H groups in total. The predicted octanol–water partition coefficient (Wildman–Crippen LogP) is 4.09. The van der Waals surface area contributed by atoms with Gasteiger partial charge in [-0.25, -0.2) is 4.79 Å². The number of carbonyl (C=O) groups is 2. The lowest BCUT2D eigenvalue weighted by molar-refractivity contribution is 0.0919. The second kappa shape index (κ2) is 8.89. The molecule has 1 aromatic carbocycles. The number of amides is 2. The number of alkyl carbamates (subject to hydrolysis) is 1. The lowest BCUT2D eigenvalue weighted by Gasteiger charge is -2.20. The molecule has 0 aliphatic heterocycles. The van der Waals surface area contributed by atoms with Crippen LogP contribution in [0.1, 0.15) is 37.7 Å². The average molecular weight is 411 g/mol. The van der Waals surface area contributed by atoms with Crippen molar-refractivity contribution >= 4 is 38.9 Å². The van der Waals surface area contributed by atoms with Gasteiger partial charge in [-0.05, 0) is 43.5 Å². The fourth-order valence-electron chi connectivity index (χ4n) is 2.53. The molecule has 6 nitrogen and oxygen atoms in total. The van der Waals surface area contributed by atoms with Crippen molar-refractivity contribution in [2.45, 2.75) is 33.2 Å². The van der Waals surface area contributed by atoms with Crippen molar-refractivity contribution in [2.24, 2.45) is 5.92 Å². The molecule has 136 valence electrons. The van der Waals surface area contributed by atoms with E-state index in [1.165, 1.54) is 0 Å². The highest BCUT2D eigenvalue weighted by atomic mass is 79.9. The molecule has 0 aliphatic carbocycles. The highest BCUT2D eigenvalue weighted by Crippen LogP contribution is 2.23. The molecule has 0 fully saturated rings. The normalized spacial score (nSPS) is 12.2. The van der Waals surface area contributed by atoms with E-state index in [2.05, 4.69) is 40.4 Å². The molecule has 0 radical (unpaired) electrons. The molecule has 1 atom stereocenters. The van der Waals surface area contributed by atoms with Crippen molar-refractivity contribution in [3.8, 4) is 0 Å². The van der Waals surface area contributed by atoms with Gasteiger partial charge in [0.2, 0.25) is 0 Å². The van der Waals surface area contributed by atoms with E-state index in [1.54, 1.807) is 19.1 Å². The van der Waals surface area contributed by atoms with Gasteiger partial charge in [0.05, 0.1) is 6.61 Å². The molecule has 2 aromatic rings. The zero-order chi connectivity index (χ0) is 18.4. The van der Waals surface area contributed by atoms with Crippen LogP contribution in [0.3, 0.4) is 0 Å². The van der Waals surface area contributed by atoms with Gasteiger partial charge in [0.25, 0.3) is 5.91 Å². The van der Waals surface area contributed by atoms with Crippen LogP contribution in [0.2, 0.25) is 0 Å². The first-order valence-corrected chi connectivity index (χ1v) is 9.09. The minimum absolute atomic E-state index is 0.207. The Kier molecular flexibility index (Phi) is 6.87. The molecule has 0 bridgehead atoms. The lowest BCUT2D eigenvalue weighted by atomic mass is 10.0. The minimum Gasteiger partial charge on any atom is -0.451 e. The van der Waals surface area contributed by atoms with Crippen LogP contribution in [0.5, 0.6) is 0 Å². The third-order valence-corrected chi connectivity index (χ3v) is 4.06. The quantitative estimate of drug-likeness (QED) is 0.720. The van der Waals surface area contributed by atoms with Gasteiger partial charge in [-0.3, -0.25) is 4.79 Å². The monoisotopic (exact) mass is 410 g/mol. The van der Waals surface area contributed by atoms with E-state index in [-0.39, 0.29) is 17.7 Å². The molecule has 0 spiro atoms. The number of hydrogen-bond donors (Lipinski definition) is 2. The van der Waals surface area contributed by atoms with Gasteiger partial charge in [-0.1, -0.05) is 29.8 Å². The Balaban J connectivity index is 1.99. The topological polar surface area (TPSA) is 80.6 Å². The molecule has 0 aliphatic rings. The highest BCUT2D eigenvalue weighted by molar-refractivity contribution is 9.10. The Bertz CT molecular complexity index is 742. The predicted molar refractivity (Wildman–Crippen MR) is 99.6 cm³/mol. The van der Waals surface area contributed by atoms with Crippen LogP contribution in [0.15, 0.2) is 33.2 Å². The third kappa shape index (κ3) is 5.77. The van der Waals surface area contributed by atoms with Crippen LogP contribution in [0.25, 0.3) is 11.0 Å². The van der Waals surface area contributed by atoms with Gasteiger partial charge in [-0.2, -0.15) is 0 Å². The first kappa shape index (κ1) is 19.3. The second-order valence-electron chi connectivity index (χ2n) is 6.19.